The smallest absolute Gasteiger partial charge is 0.251 e. The molecule has 0 saturated heterocycles. The van der Waals surface area contributed by atoms with Gasteiger partial charge in [0.15, 0.2) is 0 Å². The van der Waals surface area contributed by atoms with Crippen LogP contribution >= 0.6 is 0 Å². The largest absolute Gasteiger partial charge is 0.346 e. The zero-order chi connectivity index (χ0) is 19.1. The fraction of sp³-hybridized carbons (Fsp3) is 0.438. The normalized spacial score (nSPS) is 13.6. The molecule has 1 fully saturated rings. The van der Waals surface area contributed by atoms with E-state index in [0.717, 1.165) is 12.8 Å². The molecule has 1 aliphatic carbocycles. The van der Waals surface area contributed by atoms with Crippen LogP contribution < -0.4 is 5.32 Å². The van der Waals surface area contributed by atoms with Crippen LogP contribution in [0.15, 0.2) is 34.6 Å². The summed E-state index contributed by atoms with van der Waals surface area (Å²) in [5, 5.41) is 18.0. The fourth-order valence-electron chi connectivity index (χ4n) is 3.13. The summed E-state index contributed by atoms with van der Waals surface area (Å²) in [5.41, 5.74) is 18.9. The van der Waals surface area contributed by atoms with Crippen LogP contribution in [-0.2, 0) is 13.1 Å². The first-order valence-corrected chi connectivity index (χ1v) is 8.58. The molecule has 1 aromatic carbocycles. The summed E-state index contributed by atoms with van der Waals surface area (Å²) in [5.74, 6) is -0.345. The Balaban J connectivity index is 1.68. The number of benzene rings is 1. The maximum absolute atomic E-state index is 12.5. The molecule has 1 amide bonds. The van der Waals surface area contributed by atoms with Crippen molar-refractivity contribution in [1.29, 1.82) is 0 Å². The highest BCUT2D eigenvalue weighted by Gasteiger charge is 2.18. The molecule has 1 aromatic heterocycles. The standard InChI is InChI=1S/C16H18N10O/c17-23-20-8-11-5-12(7-13(6-11)21-24-18)16(27)19-9-14-10-26(25-22-14)15-3-1-2-4-15/h5-7,10,15H,1-4,8-9H2,(H,19,27). The van der Waals surface area contributed by atoms with Crippen molar-refractivity contribution in [3.05, 3.63) is 62.1 Å². The Hall–Kier alpha value is -3.55. The van der Waals surface area contributed by atoms with Crippen LogP contribution in [0.4, 0.5) is 5.69 Å². The Kier molecular flexibility index (Phi) is 5.88. The van der Waals surface area contributed by atoms with Crippen molar-refractivity contribution >= 4 is 11.6 Å². The topological polar surface area (TPSA) is 157 Å². The molecule has 0 unspecified atom stereocenters. The molecule has 1 saturated carbocycles. The Morgan fingerprint density at radius 2 is 2.07 bits per heavy atom. The van der Waals surface area contributed by atoms with Gasteiger partial charge in [-0.25, -0.2) is 4.68 Å². The lowest BCUT2D eigenvalue weighted by Crippen LogP contribution is -2.23. The molecule has 0 radical (unpaired) electrons. The van der Waals surface area contributed by atoms with Crippen molar-refractivity contribution in [2.75, 3.05) is 0 Å². The molecule has 1 N–H and O–H groups in total. The zero-order valence-electron chi connectivity index (χ0n) is 14.6. The molecule has 1 aliphatic rings. The average Bonchev–Trinajstić information content (AvgIpc) is 3.36. The number of carbonyl (C=O) groups excluding carboxylic acids is 1. The van der Waals surface area contributed by atoms with Gasteiger partial charge in [0, 0.05) is 21.1 Å². The number of rotatable bonds is 7. The molecule has 138 valence electrons. The quantitative estimate of drug-likeness (QED) is 0.445. The van der Waals surface area contributed by atoms with E-state index in [-0.39, 0.29) is 24.7 Å². The Morgan fingerprint density at radius 3 is 2.81 bits per heavy atom. The minimum absolute atomic E-state index is 0.0568. The lowest BCUT2D eigenvalue weighted by atomic mass is 10.1. The van der Waals surface area contributed by atoms with Crippen LogP contribution in [0.25, 0.3) is 20.9 Å². The minimum atomic E-state index is -0.345. The third-order valence-electron chi connectivity index (χ3n) is 4.40. The van der Waals surface area contributed by atoms with Crippen molar-refractivity contribution in [3.8, 4) is 0 Å². The van der Waals surface area contributed by atoms with Gasteiger partial charge < -0.3 is 5.32 Å². The third kappa shape index (κ3) is 4.75. The number of nitrogens with zero attached hydrogens (tertiary/aromatic N) is 9. The van der Waals surface area contributed by atoms with Gasteiger partial charge in [-0.1, -0.05) is 28.3 Å². The average molecular weight is 366 g/mol. The molecule has 3 rings (SSSR count). The number of carbonyl (C=O) groups is 1. The molecule has 0 aliphatic heterocycles. The summed E-state index contributed by atoms with van der Waals surface area (Å²) in [6, 6.07) is 5.03. The van der Waals surface area contributed by atoms with Gasteiger partial charge in [0.1, 0.15) is 5.69 Å². The molecule has 2 aromatic rings. The van der Waals surface area contributed by atoms with Crippen molar-refractivity contribution in [2.24, 2.45) is 10.2 Å². The van der Waals surface area contributed by atoms with E-state index >= 15 is 0 Å². The summed E-state index contributed by atoms with van der Waals surface area (Å²) in [6.07, 6.45) is 6.48. The Bertz CT molecular complexity index is 917. The molecule has 0 spiro atoms. The SMILES string of the molecule is [N-]=[N+]=NCc1cc(N=[N+]=[N-])cc(C(=O)NCc2cn(C3CCCC3)nn2)c1. The molecule has 1 heterocycles. The highest BCUT2D eigenvalue weighted by atomic mass is 16.1. The molecule has 11 nitrogen and oxygen atoms in total. The van der Waals surface area contributed by atoms with Crippen LogP contribution in [0.5, 0.6) is 0 Å². The maximum Gasteiger partial charge on any atom is 0.251 e. The molecule has 11 heteroatoms. The van der Waals surface area contributed by atoms with Crippen molar-refractivity contribution < 1.29 is 4.79 Å². The van der Waals surface area contributed by atoms with Crippen molar-refractivity contribution in [2.45, 2.75) is 44.8 Å². The lowest BCUT2D eigenvalue weighted by Gasteiger charge is -2.07. The van der Waals surface area contributed by atoms with Gasteiger partial charge in [0.25, 0.3) is 5.91 Å². The number of aromatic nitrogens is 3. The van der Waals surface area contributed by atoms with E-state index in [1.54, 1.807) is 12.1 Å². The number of azide groups is 2. The van der Waals surface area contributed by atoms with Gasteiger partial charge in [-0.3, -0.25) is 4.79 Å². The van der Waals surface area contributed by atoms with Crippen LogP contribution in [0.3, 0.4) is 0 Å². The molecule has 0 bridgehead atoms. The number of hydrogen-bond acceptors (Lipinski definition) is 5. The summed E-state index contributed by atoms with van der Waals surface area (Å²) < 4.78 is 1.87. The molecule has 27 heavy (non-hydrogen) atoms. The Labute approximate surface area is 154 Å². The molecular weight excluding hydrogens is 348 g/mol. The first kappa shape index (κ1) is 18.2. The van der Waals surface area contributed by atoms with Crippen molar-refractivity contribution in [3.63, 3.8) is 0 Å². The van der Waals surface area contributed by atoms with Gasteiger partial charge in [-0.2, -0.15) is 0 Å². The van der Waals surface area contributed by atoms with Gasteiger partial charge in [0.05, 0.1) is 25.3 Å². The number of amides is 1. The third-order valence-corrected chi connectivity index (χ3v) is 4.40. The second kappa shape index (κ2) is 8.70. The number of hydrogen-bond donors (Lipinski definition) is 1. The Morgan fingerprint density at radius 1 is 1.26 bits per heavy atom. The van der Waals surface area contributed by atoms with E-state index < -0.39 is 0 Å². The van der Waals surface area contributed by atoms with Gasteiger partial charge in [-0.15, -0.1) is 5.10 Å². The van der Waals surface area contributed by atoms with Crippen LogP contribution in [0, 0.1) is 0 Å². The zero-order valence-corrected chi connectivity index (χ0v) is 14.6. The van der Waals surface area contributed by atoms with E-state index in [0.29, 0.717) is 22.9 Å². The first-order valence-electron chi connectivity index (χ1n) is 8.58. The van der Waals surface area contributed by atoms with Gasteiger partial charge in [-0.05, 0) is 47.7 Å². The number of nitrogens with one attached hydrogen (secondary N) is 1. The van der Waals surface area contributed by atoms with Crippen LogP contribution in [0.2, 0.25) is 0 Å². The van der Waals surface area contributed by atoms with Crippen LogP contribution in [-0.4, -0.2) is 20.9 Å². The highest BCUT2D eigenvalue weighted by molar-refractivity contribution is 5.95. The van der Waals surface area contributed by atoms with Gasteiger partial charge in [0.2, 0.25) is 0 Å². The molecular formula is C16H18N10O. The summed E-state index contributed by atoms with van der Waals surface area (Å²) in [4.78, 5) is 17.9. The lowest BCUT2D eigenvalue weighted by molar-refractivity contribution is 0.0950. The molecule has 0 atom stereocenters. The monoisotopic (exact) mass is 366 g/mol. The predicted molar refractivity (Wildman–Crippen MR) is 96.8 cm³/mol. The van der Waals surface area contributed by atoms with Crippen molar-refractivity contribution in [1.82, 2.24) is 20.3 Å². The predicted octanol–water partition coefficient (Wildman–Crippen LogP) is 4.08. The maximum atomic E-state index is 12.5. The van der Waals surface area contributed by atoms with Crippen LogP contribution in [0.1, 0.15) is 53.3 Å². The van der Waals surface area contributed by atoms with E-state index in [1.807, 2.05) is 10.9 Å². The van der Waals surface area contributed by atoms with E-state index in [1.165, 1.54) is 18.9 Å². The summed E-state index contributed by atoms with van der Waals surface area (Å²) in [7, 11) is 0. The second-order valence-electron chi connectivity index (χ2n) is 6.28. The highest BCUT2D eigenvalue weighted by Crippen LogP contribution is 2.28. The van der Waals surface area contributed by atoms with E-state index in [4.69, 9.17) is 11.1 Å². The summed E-state index contributed by atoms with van der Waals surface area (Å²) >= 11 is 0. The summed E-state index contributed by atoms with van der Waals surface area (Å²) in [6.45, 7) is 0.296. The minimum Gasteiger partial charge on any atom is -0.346 e. The first-order chi connectivity index (χ1) is 13.2. The van der Waals surface area contributed by atoms with E-state index in [9.17, 15) is 4.79 Å². The second-order valence-corrected chi connectivity index (χ2v) is 6.28. The fourth-order valence-corrected chi connectivity index (χ4v) is 3.13. The van der Waals surface area contributed by atoms with Gasteiger partial charge >= 0.3 is 0 Å². The van der Waals surface area contributed by atoms with E-state index in [2.05, 4.69) is 35.7 Å².